The van der Waals surface area contributed by atoms with Crippen LogP contribution < -0.4 is 0 Å². The first kappa shape index (κ1) is 29.8. The number of aliphatic hydroxyl groups excluding tert-OH is 4. The fraction of sp³-hybridized carbons (Fsp3) is 1.00. The number of hydrogen-bond acceptors (Lipinski definition) is 7. The first-order chi connectivity index (χ1) is 15.5. The van der Waals surface area contributed by atoms with E-state index in [0.717, 1.165) is 25.9 Å². The van der Waals surface area contributed by atoms with E-state index < -0.39 is 37.3 Å². The highest BCUT2D eigenvalue weighted by Crippen LogP contribution is 2.22. The zero-order chi connectivity index (χ0) is 23.6. The average molecular weight is 462 g/mol. The topological polar surface area (TPSA) is 103 Å². The fourth-order valence-corrected chi connectivity index (χ4v) is 4.22. The van der Waals surface area contributed by atoms with Crippen molar-refractivity contribution in [2.45, 2.75) is 128 Å². The lowest BCUT2D eigenvalue weighted by atomic mass is 9.99. The highest BCUT2D eigenvalue weighted by molar-refractivity contribution is 4.88. The van der Waals surface area contributed by atoms with Gasteiger partial charge >= 0.3 is 0 Å². The third kappa shape index (κ3) is 12.8. The molecule has 4 N–H and O–H groups in total. The molecule has 1 rings (SSSR count). The van der Waals surface area contributed by atoms with E-state index in [2.05, 4.69) is 18.9 Å². The van der Waals surface area contributed by atoms with E-state index in [9.17, 15) is 20.4 Å². The summed E-state index contributed by atoms with van der Waals surface area (Å²) in [4.78, 5) is 2.35. The number of aliphatic hydroxyl groups is 4. The summed E-state index contributed by atoms with van der Waals surface area (Å²) in [6.45, 7) is 4.34. The van der Waals surface area contributed by atoms with Gasteiger partial charge in [0, 0.05) is 6.61 Å². The highest BCUT2D eigenvalue weighted by Gasteiger charge is 2.43. The first-order valence-electron chi connectivity index (χ1n) is 13.1. The van der Waals surface area contributed by atoms with Crippen LogP contribution >= 0.6 is 0 Å². The predicted molar refractivity (Wildman–Crippen MR) is 128 cm³/mol. The van der Waals surface area contributed by atoms with Gasteiger partial charge in [0.15, 0.2) is 6.29 Å². The minimum absolute atomic E-state index is 0.398. The van der Waals surface area contributed by atoms with Crippen LogP contribution in [0.1, 0.15) is 96.8 Å². The van der Waals surface area contributed by atoms with Crippen LogP contribution in [0.4, 0.5) is 0 Å². The lowest BCUT2D eigenvalue weighted by Crippen LogP contribution is -2.59. The Morgan fingerprint density at radius 3 is 1.72 bits per heavy atom. The van der Waals surface area contributed by atoms with Gasteiger partial charge in [-0.25, -0.2) is 0 Å². The maximum atomic E-state index is 9.96. The molecule has 1 fully saturated rings. The van der Waals surface area contributed by atoms with Crippen molar-refractivity contribution in [3.63, 3.8) is 0 Å². The molecule has 0 unspecified atom stereocenters. The molecule has 0 aromatic heterocycles. The average Bonchev–Trinajstić information content (AvgIpc) is 2.79. The predicted octanol–water partition coefficient (Wildman–Crippen LogP) is 3.22. The van der Waals surface area contributed by atoms with Crippen molar-refractivity contribution < 1.29 is 29.9 Å². The van der Waals surface area contributed by atoms with Gasteiger partial charge in [0.1, 0.15) is 24.4 Å². The second-order valence-corrected chi connectivity index (χ2v) is 9.47. The van der Waals surface area contributed by atoms with Crippen molar-refractivity contribution in [3.05, 3.63) is 0 Å². The Balaban J connectivity index is 1.92. The number of nitrogens with zero attached hydrogens (tertiary/aromatic N) is 1. The molecule has 0 saturated carbocycles. The normalized spacial score (nSPS) is 26.2. The molecule has 192 valence electrons. The molecule has 1 aliphatic rings. The van der Waals surface area contributed by atoms with Crippen molar-refractivity contribution >= 4 is 0 Å². The van der Waals surface area contributed by atoms with Crippen LogP contribution in [0.2, 0.25) is 0 Å². The minimum Gasteiger partial charge on any atom is -0.394 e. The van der Waals surface area contributed by atoms with Gasteiger partial charge < -0.3 is 34.8 Å². The number of unbranched alkanes of at least 4 members (excludes halogenated alkanes) is 12. The Kier molecular flexibility index (Phi) is 17.7. The molecular weight excluding hydrogens is 410 g/mol. The molecule has 0 amide bonds. The van der Waals surface area contributed by atoms with Crippen LogP contribution in [-0.2, 0) is 9.47 Å². The van der Waals surface area contributed by atoms with Gasteiger partial charge in [0.25, 0.3) is 0 Å². The van der Waals surface area contributed by atoms with Crippen LogP contribution in [0.25, 0.3) is 0 Å². The fourth-order valence-electron chi connectivity index (χ4n) is 4.22. The summed E-state index contributed by atoms with van der Waals surface area (Å²) < 4.78 is 10.9. The maximum absolute atomic E-state index is 9.96. The SMILES string of the molecule is CCCCCCCCCCCCCCN(C)CCCCO[C@@H]1O[C@H](CO)[C@@H](O)[C@H](O)[C@H]1O. The molecule has 0 aromatic carbocycles. The van der Waals surface area contributed by atoms with Crippen LogP contribution in [0.3, 0.4) is 0 Å². The van der Waals surface area contributed by atoms with Gasteiger partial charge in [-0.1, -0.05) is 77.6 Å². The molecule has 1 saturated heterocycles. The molecule has 7 heteroatoms. The lowest BCUT2D eigenvalue weighted by Gasteiger charge is -2.39. The third-order valence-corrected chi connectivity index (χ3v) is 6.46. The van der Waals surface area contributed by atoms with Gasteiger partial charge in [0.05, 0.1) is 6.61 Å². The number of hydrogen-bond donors (Lipinski definition) is 4. The molecule has 7 nitrogen and oxygen atoms in total. The molecule has 0 aliphatic carbocycles. The van der Waals surface area contributed by atoms with Gasteiger partial charge in [0.2, 0.25) is 0 Å². The zero-order valence-corrected chi connectivity index (χ0v) is 20.7. The molecule has 0 aromatic rings. The Morgan fingerprint density at radius 1 is 0.688 bits per heavy atom. The van der Waals surface area contributed by atoms with E-state index in [1.165, 1.54) is 77.0 Å². The van der Waals surface area contributed by atoms with E-state index in [4.69, 9.17) is 9.47 Å². The Hall–Kier alpha value is -0.280. The summed E-state index contributed by atoms with van der Waals surface area (Å²) in [7, 11) is 2.15. The Bertz CT molecular complexity index is 425. The molecule has 0 bridgehead atoms. The lowest BCUT2D eigenvalue weighted by molar-refractivity contribution is -0.301. The highest BCUT2D eigenvalue weighted by atomic mass is 16.7. The van der Waals surface area contributed by atoms with Crippen molar-refractivity contribution in [3.8, 4) is 0 Å². The standard InChI is InChI=1S/C25H51NO6/c1-3-4-5-6-7-8-9-10-11-12-13-14-17-26(2)18-15-16-19-31-25-24(30)23(29)22(28)21(20-27)32-25/h21-25,27-30H,3-20H2,1-2H3/t21-,22-,23+,24-,25-/m1/s1. The van der Waals surface area contributed by atoms with Crippen molar-refractivity contribution in [1.29, 1.82) is 0 Å². The summed E-state index contributed by atoms with van der Waals surface area (Å²) in [5, 5.41) is 38.7. The molecule has 32 heavy (non-hydrogen) atoms. The van der Waals surface area contributed by atoms with Crippen molar-refractivity contribution in [2.75, 3.05) is 33.4 Å². The molecule has 0 spiro atoms. The molecular formula is C25H51NO6. The van der Waals surface area contributed by atoms with E-state index in [1.54, 1.807) is 0 Å². The second-order valence-electron chi connectivity index (χ2n) is 9.47. The van der Waals surface area contributed by atoms with Crippen LogP contribution in [-0.4, -0.2) is 89.4 Å². The Labute approximate surface area is 196 Å². The zero-order valence-electron chi connectivity index (χ0n) is 20.7. The molecule has 5 atom stereocenters. The minimum atomic E-state index is -1.38. The van der Waals surface area contributed by atoms with Crippen molar-refractivity contribution in [2.24, 2.45) is 0 Å². The van der Waals surface area contributed by atoms with Gasteiger partial charge in [-0.3, -0.25) is 0 Å². The van der Waals surface area contributed by atoms with Crippen LogP contribution in [0.15, 0.2) is 0 Å². The summed E-state index contributed by atoms with van der Waals surface area (Å²) in [6.07, 6.45) is 12.2. The second kappa shape index (κ2) is 19.1. The molecule has 0 radical (unpaired) electrons. The Morgan fingerprint density at radius 2 is 1.19 bits per heavy atom. The number of rotatable bonds is 20. The van der Waals surface area contributed by atoms with E-state index in [-0.39, 0.29) is 0 Å². The summed E-state index contributed by atoms with van der Waals surface area (Å²) in [6, 6.07) is 0. The molecule has 1 aliphatic heterocycles. The largest absolute Gasteiger partial charge is 0.394 e. The molecule has 1 heterocycles. The quantitative estimate of drug-likeness (QED) is 0.206. The summed E-state index contributed by atoms with van der Waals surface area (Å²) >= 11 is 0. The smallest absolute Gasteiger partial charge is 0.186 e. The number of ether oxygens (including phenoxy) is 2. The van der Waals surface area contributed by atoms with Gasteiger partial charge in [-0.05, 0) is 39.4 Å². The summed E-state index contributed by atoms with van der Waals surface area (Å²) in [5.41, 5.74) is 0. The monoisotopic (exact) mass is 461 g/mol. The third-order valence-electron chi connectivity index (χ3n) is 6.46. The van der Waals surface area contributed by atoms with Crippen LogP contribution in [0.5, 0.6) is 0 Å². The van der Waals surface area contributed by atoms with Crippen LogP contribution in [0, 0.1) is 0 Å². The maximum Gasteiger partial charge on any atom is 0.186 e. The van der Waals surface area contributed by atoms with E-state index >= 15 is 0 Å². The van der Waals surface area contributed by atoms with E-state index in [0.29, 0.717) is 6.61 Å². The summed E-state index contributed by atoms with van der Waals surface area (Å²) in [5.74, 6) is 0. The van der Waals surface area contributed by atoms with Gasteiger partial charge in [-0.15, -0.1) is 0 Å². The van der Waals surface area contributed by atoms with Gasteiger partial charge in [-0.2, -0.15) is 0 Å². The first-order valence-corrected chi connectivity index (χ1v) is 13.1. The van der Waals surface area contributed by atoms with E-state index in [1.807, 2.05) is 0 Å². The van der Waals surface area contributed by atoms with Crippen molar-refractivity contribution in [1.82, 2.24) is 4.90 Å².